The van der Waals surface area contributed by atoms with Crippen LogP contribution in [-0.4, -0.2) is 54.8 Å². The van der Waals surface area contributed by atoms with Crippen LogP contribution in [-0.2, 0) is 4.79 Å². The van der Waals surface area contributed by atoms with E-state index in [2.05, 4.69) is 25.7 Å². The molecule has 0 spiro atoms. The van der Waals surface area contributed by atoms with Crippen molar-refractivity contribution in [2.75, 3.05) is 44.4 Å². The number of rotatable bonds is 9. The van der Waals surface area contributed by atoms with Crippen molar-refractivity contribution in [2.45, 2.75) is 6.42 Å². The zero-order chi connectivity index (χ0) is 18.9. The molecule has 1 aromatic carbocycles. The van der Waals surface area contributed by atoms with Crippen molar-refractivity contribution < 1.29 is 9.53 Å². The highest BCUT2D eigenvalue weighted by molar-refractivity contribution is 6.35. The minimum absolute atomic E-state index is 0.201. The van der Waals surface area contributed by atoms with Crippen LogP contribution < -0.4 is 15.4 Å². The van der Waals surface area contributed by atoms with Crippen LogP contribution in [0.15, 0.2) is 30.3 Å². The standard InChI is InChI=1S/C17H21Cl2N5O2/c1-24(2)9-3-8-20-15-6-7-16(23-22-15)21-17(25)11-26-14-5-4-12(18)10-13(14)19/h4-7,10H,3,8-9,11H2,1-2H3,(H,20,22)(H,21,23,25). The first-order chi connectivity index (χ1) is 12.4. The second kappa shape index (κ2) is 10.2. The fourth-order valence-corrected chi connectivity index (χ4v) is 2.48. The van der Waals surface area contributed by atoms with Gasteiger partial charge in [-0.25, -0.2) is 0 Å². The molecule has 0 fully saturated rings. The lowest BCUT2D eigenvalue weighted by Crippen LogP contribution is -2.21. The van der Waals surface area contributed by atoms with E-state index in [1.807, 2.05) is 14.1 Å². The fourth-order valence-electron chi connectivity index (χ4n) is 2.02. The van der Waals surface area contributed by atoms with Gasteiger partial charge >= 0.3 is 0 Å². The number of aromatic nitrogens is 2. The monoisotopic (exact) mass is 397 g/mol. The van der Waals surface area contributed by atoms with Gasteiger partial charge in [-0.1, -0.05) is 23.2 Å². The van der Waals surface area contributed by atoms with Crippen LogP contribution >= 0.6 is 23.2 Å². The van der Waals surface area contributed by atoms with Crippen molar-refractivity contribution in [3.8, 4) is 5.75 Å². The lowest BCUT2D eigenvalue weighted by molar-refractivity contribution is -0.118. The van der Waals surface area contributed by atoms with E-state index in [9.17, 15) is 4.79 Å². The Bertz CT molecular complexity index is 726. The number of benzene rings is 1. The Hall–Kier alpha value is -2.09. The van der Waals surface area contributed by atoms with Crippen molar-refractivity contribution in [2.24, 2.45) is 0 Å². The predicted molar refractivity (Wildman–Crippen MR) is 104 cm³/mol. The average Bonchev–Trinajstić information content (AvgIpc) is 2.59. The molecule has 1 aromatic heterocycles. The molecule has 0 radical (unpaired) electrons. The number of carbonyl (C=O) groups is 1. The predicted octanol–water partition coefficient (Wildman–Crippen LogP) is 3.16. The topological polar surface area (TPSA) is 79.4 Å². The molecule has 0 aliphatic rings. The van der Waals surface area contributed by atoms with E-state index in [0.29, 0.717) is 27.4 Å². The van der Waals surface area contributed by atoms with Gasteiger partial charge in [0.25, 0.3) is 5.91 Å². The molecule has 1 heterocycles. The van der Waals surface area contributed by atoms with Gasteiger partial charge in [-0.15, -0.1) is 10.2 Å². The maximum atomic E-state index is 11.9. The Balaban J connectivity index is 1.76. The summed E-state index contributed by atoms with van der Waals surface area (Å²) in [5, 5.41) is 14.6. The summed E-state index contributed by atoms with van der Waals surface area (Å²) in [5.41, 5.74) is 0. The molecule has 7 nitrogen and oxygen atoms in total. The number of nitrogens with zero attached hydrogens (tertiary/aromatic N) is 3. The van der Waals surface area contributed by atoms with Gasteiger partial charge in [-0.3, -0.25) is 4.79 Å². The second-order valence-electron chi connectivity index (χ2n) is 5.80. The third-order valence-electron chi connectivity index (χ3n) is 3.27. The Morgan fingerprint density at radius 3 is 2.54 bits per heavy atom. The molecular weight excluding hydrogens is 377 g/mol. The van der Waals surface area contributed by atoms with Crippen LogP contribution in [0.25, 0.3) is 0 Å². The lowest BCUT2D eigenvalue weighted by atomic mass is 10.3. The number of anilines is 2. The summed E-state index contributed by atoms with van der Waals surface area (Å²) >= 11 is 11.8. The van der Waals surface area contributed by atoms with Crippen molar-refractivity contribution in [1.29, 1.82) is 0 Å². The summed E-state index contributed by atoms with van der Waals surface area (Å²) < 4.78 is 5.37. The average molecular weight is 398 g/mol. The van der Waals surface area contributed by atoms with Gasteiger partial charge in [0.1, 0.15) is 11.6 Å². The van der Waals surface area contributed by atoms with Crippen LogP contribution in [0.3, 0.4) is 0 Å². The van der Waals surface area contributed by atoms with Crippen molar-refractivity contribution in [3.05, 3.63) is 40.4 Å². The molecule has 26 heavy (non-hydrogen) atoms. The quantitative estimate of drug-likeness (QED) is 0.632. The fraction of sp³-hybridized carbons (Fsp3) is 0.353. The Labute approximate surface area is 162 Å². The first-order valence-corrected chi connectivity index (χ1v) is 8.79. The van der Waals surface area contributed by atoms with Gasteiger partial charge in [0.05, 0.1) is 5.02 Å². The third kappa shape index (κ3) is 7.03. The number of hydrogen-bond acceptors (Lipinski definition) is 6. The van der Waals surface area contributed by atoms with Gasteiger partial charge in [-0.2, -0.15) is 0 Å². The van der Waals surface area contributed by atoms with Gasteiger partial charge < -0.3 is 20.3 Å². The molecule has 2 rings (SSSR count). The summed E-state index contributed by atoms with van der Waals surface area (Å²) in [6, 6.07) is 8.22. The number of nitrogens with one attached hydrogen (secondary N) is 2. The van der Waals surface area contributed by atoms with Crippen LogP contribution in [0.2, 0.25) is 10.0 Å². The molecule has 0 saturated carbocycles. The van der Waals surface area contributed by atoms with Gasteiger partial charge in [-0.05, 0) is 57.4 Å². The largest absolute Gasteiger partial charge is 0.482 e. The van der Waals surface area contributed by atoms with E-state index in [1.165, 1.54) is 0 Å². The molecule has 9 heteroatoms. The second-order valence-corrected chi connectivity index (χ2v) is 6.64. The van der Waals surface area contributed by atoms with Gasteiger partial charge in [0, 0.05) is 11.6 Å². The maximum absolute atomic E-state index is 11.9. The van der Waals surface area contributed by atoms with E-state index in [4.69, 9.17) is 27.9 Å². The molecule has 2 aromatic rings. The molecule has 0 saturated heterocycles. The molecule has 1 amide bonds. The zero-order valence-electron chi connectivity index (χ0n) is 14.6. The van der Waals surface area contributed by atoms with Crippen molar-refractivity contribution in [1.82, 2.24) is 15.1 Å². The molecule has 0 bridgehead atoms. The van der Waals surface area contributed by atoms with Crippen LogP contribution in [0.5, 0.6) is 5.75 Å². The maximum Gasteiger partial charge on any atom is 0.263 e. The Morgan fingerprint density at radius 2 is 1.88 bits per heavy atom. The summed E-state index contributed by atoms with van der Waals surface area (Å²) in [5.74, 6) is 1.03. The van der Waals surface area contributed by atoms with E-state index >= 15 is 0 Å². The van der Waals surface area contributed by atoms with Crippen LogP contribution in [0.1, 0.15) is 6.42 Å². The highest BCUT2D eigenvalue weighted by Crippen LogP contribution is 2.27. The van der Waals surface area contributed by atoms with Crippen molar-refractivity contribution in [3.63, 3.8) is 0 Å². The van der Waals surface area contributed by atoms with E-state index in [0.717, 1.165) is 19.5 Å². The molecule has 2 N–H and O–H groups in total. The first-order valence-electron chi connectivity index (χ1n) is 8.04. The summed E-state index contributed by atoms with van der Waals surface area (Å²) in [4.78, 5) is 14.0. The SMILES string of the molecule is CN(C)CCCNc1ccc(NC(=O)COc2ccc(Cl)cc2Cl)nn1. The summed E-state index contributed by atoms with van der Waals surface area (Å²) in [6.07, 6.45) is 0.998. The number of amides is 1. The molecule has 0 aliphatic heterocycles. The van der Waals surface area contributed by atoms with E-state index in [1.54, 1.807) is 30.3 Å². The first kappa shape index (κ1) is 20.2. The third-order valence-corrected chi connectivity index (χ3v) is 3.80. The van der Waals surface area contributed by atoms with Gasteiger partial charge in [0.2, 0.25) is 0 Å². The number of halogens is 2. The normalized spacial score (nSPS) is 10.7. The number of ether oxygens (including phenoxy) is 1. The molecular formula is C17H21Cl2N5O2. The van der Waals surface area contributed by atoms with E-state index < -0.39 is 0 Å². The van der Waals surface area contributed by atoms with Crippen LogP contribution in [0.4, 0.5) is 11.6 Å². The molecule has 0 unspecified atom stereocenters. The minimum atomic E-state index is -0.364. The minimum Gasteiger partial charge on any atom is -0.482 e. The van der Waals surface area contributed by atoms with E-state index in [-0.39, 0.29) is 12.5 Å². The highest BCUT2D eigenvalue weighted by atomic mass is 35.5. The lowest BCUT2D eigenvalue weighted by Gasteiger charge is -2.10. The Morgan fingerprint density at radius 1 is 1.15 bits per heavy atom. The zero-order valence-corrected chi connectivity index (χ0v) is 16.1. The van der Waals surface area contributed by atoms with Crippen LogP contribution in [0, 0.1) is 0 Å². The smallest absolute Gasteiger partial charge is 0.263 e. The number of hydrogen-bond donors (Lipinski definition) is 2. The highest BCUT2D eigenvalue weighted by Gasteiger charge is 2.08. The molecule has 140 valence electrons. The molecule has 0 atom stereocenters. The van der Waals surface area contributed by atoms with Crippen molar-refractivity contribution >= 4 is 40.7 Å². The molecule has 0 aliphatic carbocycles. The Kier molecular flexibility index (Phi) is 7.90. The van der Waals surface area contributed by atoms with Gasteiger partial charge in [0.15, 0.2) is 12.4 Å². The number of carbonyl (C=O) groups excluding carboxylic acids is 1. The summed E-state index contributed by atoms with van der Waals surface area (Å²) in [6.45, 7) is 1.59. The summed E-state index contributed by atoms with van der Waals surface area (Å²) in [7, 11) is 4.06.